The maximum Gasteiger partial charge on any atom is 0.164 e. The molecule has 1 aliphatic carbocycles. The third-order valence-electron chi connectivity index (χ3n) is 3.52. The van der Waals surface area contributed by atoms with Crippen molar-refractivity contribution in [2.45, 2.75) is 38.1 Å². The van der Waals surface area contributed by atoms with Gasteiger partial charge in [0.2, 0.25) is 0 Å². The van der Waals surface area contributed by atoms with Crippen LogP contribution in [0.25, 0.3) is 0 Å². The molecule has 0 unspecified atom stereocenters. The minimum Gasteiger partial charge on any atom is -0.493 e. The minimum absolute atomic E-state index is 0.196. The van der Waals surface area contributed by atoms with E-state index >= 15 is 0 Å². The van der Waals surface area contributed by atoms with Crippen LogP contribution < -0.4 is 15.2 Å². The van der Waals surface area contributed by atoms with E-state index in [1.54, 1.807) is 14.2 Å². The van der Waals surface area contributed by atoms with E-state index < -0.39 is 0 Å². The highest BCUT2D eigenvalue weighted by molar-refractivity contribution is 9.10. The molecule has 0 atom stereocenters. The molecule has 1 aromatic rings. The number of halogens is 1. The standard InChI is InChI=1S/C14H20BrNO2/c1-8(2)11-12(14(16)5-6-14)9(15)7-10(17-3)13(11)18-4/h7-8H,5-6,16H2,1-4H3. The largest absolute Gasteiger partial charge is 0.493 e. The molecule has 0 amide bonds. The van der Waals surface area contributed by atoms with Gasteiger partial charge in [0, 0.05) is 15.6 Å². The topological polar surface area (TPSA) is 44.5 Å². The van der Waals surface area contributed by atoms with Crippen molar-refractivity contribution in [2.75, 3.05) is 14.2 Å². The van der Waals surface area contributed by atoms with Gasteiger partial charge >= 0.3 is 0 Å². The summed E-state index contributed by atoms with van der Waals surface area (Å²) >= 11 is 3.63. The molecule has 1 aromatic carbocycles. The Kier molecular flexibility index (Phi) is 3.60. The summed E-state index contributed by atoms with van der Waals surface area (Å²) in [5.41, 5.74) is 8.53. The highest BCUT2D eigenvalue weighted by atomic mass is 79.9. The van der Waals surface area contributed by atoms with Crippen LogP contribution in [0.3, 0.4) is 0 Å². The van der Waals surface area contributed by atoms with E-state index in [1.807, 2.05) is 6.07 Å². The Hall–Kier alpha value is -0.740. The van der Waals surface area contributed by atoms with Crippen molar-refractivity contribution in [2.24, 2.45) is 5.73 Å². The summed E-state index contributed by atoms with van der Waals surface area (Å²) in [5, 5.41) is 0. The van der Waals surface area contributed by atoms with Crippen LogP contribution in [0.2, 0.25) is 0 Å². The van der Waals surface area contributed by atoms with Crippen LogP contribution in [0.1, 0.15) is 43.7 Å². The third kappa shape index (κ3) is 2.12. The first-order valence-corrected chi connectivity index (χ1v) is 6.97. The Labute approximate surface area is 117 Å². The first-order chi connectivity index (χ1) is 8.44. The van der Waals surface area contributed by atoms with Crippen molar-refractivity contribution < 1.29 is 9.47 Å². The summed E-state index contributed by atoms with van der Waals surface area (Å²) in [7, 11) is 3.33. The van der Waals surface area contributed by atoms with E-state index in [2.05, 4.69) is 29.8 Å². The smallest absolute Gasteiger partial charge is 0.164 e. The van der Waals surface area contributed by atoms with Crippen LogP contribution in [0, 0.1) is 0 Å². The van der Waals surface area contributed by atoms with Crippen LogP contribution in [0.5, 0.6) is 11.5 Å². The lowest BCUT2D eigenvalue weighted by Crippen LogP contribution is -2.22. The fourth-order valence-corrected chi connectivity index (χ4v) is 3.25. The van der Waals surface area contributed by atoms with Gasteiger partial charge < -0.3 is 15.2 Å². The highest BCUT2D eigenvalue weighted by Gasteiger charge is 2.44. The number of rotatable bonds is 4. The van der Waals surface area contributed by atoms with Gasteiger partial charge in [-0.1, -0.05) is 29.8 Å². The number of methoxy groups -OCH3 is 2. The zero-order chi connectivity index (χ0) is 13.5. The monoisotopic (exact) mass is 313 g/mol. The average molecular weight is 314 g/mol. The van der Waals surface area contributed by atoms with E-state index in [4.69, 9.17) is 15.2 Å². The van der Waals surface area contributed by atoms with E-state index in [0.717, 1.165) is 34.4 Å². The van der Waals surface area contributed by atoms with E-state index in [1.165, 1.54) is 5.56 Å². The number of benzene rings is 1. The Morgan fingerprint density at radius 1 is 1.28 bits per heavy atom. The Balaban J connectivity index is 2.72. The zero-order valence-electron chi connectivity index (χ0n) is 11.3. The molecule has 0 saturated heterocycles. The number of hydrogen-bond donors (Lipinski definition) is 1. The van der Waals surface area contributed by atoms with Gasteiger partial charge in [0.15, 0.2) is 11.5 Å². The van der Waals surface area contributed by atoms with Crippen molar-refractivity contribution in [1.82, 2.24) is 0 Å². The van der Waals surface area contributed by atoms with Gasteiger partial charge in [0.05, 0.1) is 14.2 Å². The van der Waals surface area contributed by atoms with Gasteiger partial charge in [0.1, 0.15) is 0 Å². The third-order valence-corrected chi connectivity index (χ3v) is 4.15. The first-order valence-electron chi connectivity index (χ1n) is 6.18. The lowest BCUT2D eigenvalue weighted by molar-refractivity contribution is 0.348. The van der Waals surface area contributed by atoms with E-state index in [-0.39, 0.29) is 5.54 Å². The molecule has 1 aliphatic rings. The maximum absolute atomic E-state index is 6.40. The number of nitrogens with two attached hydrogens (primary N) is 1. The lowest BCUT2D eigenvalue weighted by Gasteiger charge is -2.24. The molecule has 0 radical (unpaired) electrons. The van der Waals surface area contributed by atoms with Crippen molar-refractivity contribution in [1.29, 1.82) is 0 Å². The van der Waals surface area contributed by atoms with Crippen LogP contribution in [-0.4, -0.2) is 14.2 Å². The second-order valence-electron chi connectivity index (χ2n) is 5.19. The molecular weight excluding hydrogens is 294 g/mol. The molecule has 1 saturated carbocycles. The molecule has 3 nitrogen and oxygen atoms in total. The van der Waals surface area contributed by atoms with Gasteiger partial charge in [-0.25, -0.2) is 0 Å². The zero-order valence-corrected chi connectivity index (χ0v) is 12.9. The van der Waals surface area contributed by atoms with Crippen molar-refractivity contribution in [3.63, 3.8) is 0 Å². The average Bonchev–Trinajstić information content (AvgIpc) is 3.06. The fraction of sp³-hybridized carbons (Fsp3) is 0.571. The summed E-state index contributed by atoms with van der Waals surface area (Å²) in [6.45, 7) is 4.30. The Bertz CT molecular complexity index is 467. The number of hydrogen-bond acceptors (Lipinski definition) is 3. The van der Waals surface area contributed by atoms with Gasteiger partial charge in [0.25, 0.3) is 0 Å². The summed E-state index contributed by atoms with van der Waals surface area (Å²) < 4.78 is 12.0. The van der Waals surface area contributed by atoms with Crippen LogP contribution in [0.4, 0.5) is 0 Å². The quantitative estimate of drug-likeness (QED) is 0.924. The molecule has 100 valence electrons. The summed E-state index contributed by atoms with van der Waals surface area (Å²) in [6, 6.07) is 1.95. The molecule has 4 heteroatoms. The second-order valence-corrected chi connectivity index (χ2v) is 6.05. The van der Waals surface area contributed by atoms with Gasteiger partial charge in [-0.2, -0.15) is 0 Å². The van der Waals surface area contributed by atoms with Gasteiger partial charge in [-0.05, 0) is 30.4 Å². The maximum atomic E-state index is 6.40. The Morgan fingerprint density at radius 2 is 1.89 bits per heavy atom. The Morgan fingerprint density at radius 3 is 2.28 bits per heavy atom. The predicted octanol–water partition coefficient (Wildman–Crippen LogP) is 3.54. The molecule has 0 aliphatic heterocycles. The number of ether oxygens (including phenoxy) is 2. The second kappa shape index (κ2) is 4.74. The lowest BCUT2D eigenvalue weighted by atomic mass is 9.90. The van der Waals surface area contributed by atoms with Crippen LogP contribution in [0.15, 0.2) is 10.5 Å². The molecule has 2 N–H and O–H groups in total. The van der Waals surface area contributed by atoms with Gasteiger partial charge in [-0.15, -0.1) is 0 Å². The predicted molar refractivity (Wildman–Crippen MR) is 76.4 cm³/mol. The van der Waals surface area contributed by atoms with E-state index in [9.17, 15) is 0 Å². The van der Waals surface area contributed by atoms with Gasteiger partial charge in [-0.3, -0.25) is 0 Å². The highest BCUT2D eigenvalue weighted by Crippen LogP contribution is 2.53. The van der Waals surface area contributed by atoms with Crippen LogP contribution in [-0.2, 0) is 5.54 Å². The van der Waals surface area contributed by atoms with E-state index in [0.29, 0.717) is 5.92 Å². The molecule has 0 bridgehead atoms. The molecule has 18 heavy (non-hydrogen) atoms. The summed E-state index contributed by atoms with van der Waals surface area (Å²) in [6.07, 6.45) is 2.06. The molecule has 0 heterocycles. The van der Waals surface area contributed by atoms with Crippen LogP contribution >= 0.6 is 15.9 Å². The molecule has 0 spiro atoms. The SMILES string of the molecule is COc1cc(Br)c(C2(N)CC2)c(C(C)C)c1OC. The van der Waals surface area contributed by atoms with Crippen molar-refractivity contribution in [3.8, 4) is 11.5 Å². The summed E-state index contributed by atoms with van der Waals surface area (Å²) in [5.74, 6) is 1.89. The minimum atomic E-state index is -0.196. The summed E-state index contributed by atoms with van der Waals surface area (Å²) in [4.78, 5) is 0. The molecule has 1 fully saturated rings. The fourth-order valence-electron chi connectivity index (χ4n) is 2.43. The molecule has 0 aromatic heterocycles. The molecular formula is C14H20BrNO2. The van der Waals surface area contributed by atoms with Crippen molar-refractivity contribution >= 4 is 15.9 Å². The first kappa shape index (κ1) is 13.7. The van der Waals surface area contributed by atoms with Crippen molar-refractivity contribution in [3.05, 3.63) is 21.7 Å². The normalized spacial score (nSPS) is 16.8. The molecule has 2 rings (SSSR count).